The predicted molar refractivity (Wildman–Crippen MR) is 101 cm³/mol. The molecule has 1 amide bonds. The van der Waals surface area contributed by atoms with Gasteiger partial charge in [0.1, 0.15) is 0 Å². The van der Waals surface area contributed by atoms with Crippen molar-refractivity contribution in [2.75, 3.05) is 39.3 Å². The Balaban J connectivity index is 0.000000370. The molecule has 2 fully saturated rings. The number of amides is 1. The van der Waals surface area contributed by atoms with Crippen LogP contribution < -0.4 is 0 Å². The zero-order chi connectivity index (χ0) is 21.6. The molecule has 1 N–H and O–H groups in total. The summed E-state index contributed by atoms with van der Waals surface area (Å²) in [6, 6.07) is 9.57. The highest BCUT2D eigenvalue weighted by atomic mass is 19.4. The molecule has 0 radical (unpaired) electrons. The molecule has 0 unspecified atom stereocenters. The summed E-state index contributed by atoms with van der Waals surface area (Å²) in [5, 5.41) is 7.12. The van der Waals surface area contributed by atoms with E-state index in [1.165, 1.54) is 0 Å². The number of rotatable bonds is 3. The molecule has 2 atom stereocenters. The van der Waals surface area contributed by atoms with Crippen LogP contribution in [-0.2, 0) is 9.53 Å². The number of hydrogen-bond acceptors (Lipinski definition) is 4. The van der Waals surface area contributed by atoms with Gasteiger partial charge in [-0.25, -0.2) is 4.79 Å². The molecule has 29 heavy (non-hydrogen) atoms. The van der Waals surface area contributed by atoms with E-state index in [4.69, 9.17) is 14.6 Å². The van der Waals surface area contributed by atoms with Crippen molar-refractivity contribution in [1.29, 1.82) is 0 Å². The van der Waals surface area contributed by atoms with Gasteiger partial charge in [-0.05, 0) is 18.1 Å². The number of ether oxygens (including phenoxy) is 1. The molecule has 0 saturated carbocycles. The fourth-order valence-electron chi connectivity index (χ4n) is 3.59. The third-order valence-corrected chi connectivity index (χ3v) is 4.78. The minimum atomic E-state index is -5.08. The van der Waals surface area contributed by atoms with Gasteiger partial charge in [-0.1, -0.05) is 32.0 Å². The zero-order valence-electron chi connectivity index (χ0n) is 16.6. The van der Waals surface area contributed by atoms with Crippen molar-refractivity contribution in [3.8, 4) is 0 Å². The van der Waals surface area contributed by atoms with E-state index < -0.39 is 12.1 Å². The average Bonchev–Trinajstić information content (AvgIpc) is 2.90. The Morgan fingerprint density at radius 2 is 1.79 bits per heavy atom. The maximum Gasteiger partial charge on any atom is 0.490 e. The predicted octanol–water partition coefficient (Wildman–Crippen LogP) is 2.75. The fourth-order valence-corrected chi connectivity index (χ4v) is 3.59. The maximum atomic E-state index is 12.7. The summed E-state index contributed by atoms with van der Waals surface area (Å²) in [7, 11) is 0. The number of hydrogen-bond donors (Lipinski definition) is 1. The zero-order valence-corrected chi connectivity index (χ0v) is 16.6. The van der Waals surface area contributed by atoms with Crippen molar-refractivity contribution in [2.45, 2.75) is 26.1 Å². The minimum absolute atomic E-state index is 0.132. The number of fused-ring (bicyclic) bond motifs is 1. The summed E-state index contributed by atoms with van der Waals surface area (Å²) in [6.07, 6.45) is -4.80. The number of alkyl halides is 3. The first kappa shape index (κ1) is 23.2. The summed E-state index contributed by atoms with van der Waals surface area (Å²) in [6.45, 7) is 9.83. The van der Waals surface area contributed by atoms with Crippen LogP contribution in [0.3, 0.4) is 0 Å². The van der Waals surface area contributed by atoms with Gasteiger partial charge in [0, 0.05) is 44.2 Å². The molecule has 6 nitrogen and oxygen atoms in total. The number of carboxylic acid groups (broad SMARTS) is 1. The van der Waals surface area contributed by atoms with Crippen molar-refractivity contribution >= 4 is 11.9 Å². The van der Waals surface area contributed by atoms with Crippen LogP contribution in [0.4, 0.5) is 13.2 Å². The van der Waals surface area contributed by atoms with Crippen LogP contribution in [0.15, 0.2) is 30.3 Å². The van der Waals surface area contributed by atoms with E-state index in [-0.39, 0.29) is 12.0 Å². The highest BCUT2D eigenvalue weighted by molar-refractivity contribution is 5.94. The van der Waals surface area contributed by atoms with Gasteiger partial charge in [-0.15, -0.1) is 0 Å². The second-order valence-electron chi connectivity index (χ2n) is 7.70. The molecule has 0 bridgehead atoms. The van der Waals surface area contributed by atoms with E-state index >= 15 is 0 Å². The van der Waals surface area contributed by atoms with E-state index in [0.29, 0.717) is 25.0 Å². The fraction of sp³-hybridized carbons (Fsp3) is 0.600. The molecule has 2 saturated heterocycles. The van der Waals surface area contributed by atoms with Crippen LogP contribution in [-0.4, -0.2) is 78.4 Å². The third kappa shape index (κ3) is 7.01. The molecule has 0 aromatic heterocycles. The first-order valence-corrected chi connectivity index (χ1v) is 9.56. The molecular weight excluding hydrogens is 389 g/mol. The lowest BCUT2D eigenvalue weighted by molar-refractivity contribution is -0.192. The third-order valence-electron chi connectivity index (χ3n) is 4.78. The monoisotopic (exact) mass is 416 g/mol. The lowest BCUT2D eigenvalue weighted by Gasteiger charge is -2.24. The van der Waals surface area contributed by atoms with Crippen LogP contribution in [0, 0.1) is 11.8 Å². The van der Waals surface area contributed by atoms with Crippen LogP contribution >= 0.6 is 0 Å². The molecular formula is C20H27F3N2O4. The SMILES string of the molecule is CC(C)CN1C[C@@H]2CN(C(=O)c3ccccc3)CCO[C@@H]2C1.O=C(O)C(F)(F)F. The van der Waals surface area contributed by atoms with E-state index in [1.54, 1.807) is 0 Å². The van der Waals surface area contributed by atoms with Crippen LogP contribution in [0.1, 0.15) is 24.2 Å². The summed E-state index contributed by atoms with van der Waals surface area (Å²) in [5.74, 6) is -1.52. The van der Waals surface area contributed by atoms with Gasteiger partial charge < -0.3 is 19.6 Å². The van der Waals surface area contributed by atoms with Crippen molar-refractivity contribution in [3.63, 3.8) is 0 Å². The molecule has 0 spiro atoms. The van der Waals surface area contributed by atoms with Gasteiger partial charge in [-0.3, -0.25) is 4.79 Å². The van der Waals surface area contributed by atoms with Gasteiger partial charge in [0.15, 0.2) is 0 Å². The number of halogens is 3. The molecule has 2 aliphatic rings. The van der Waals surface area contributed by atoms with Crippen molar-refractivity contribution < 1.29 is 32.6 Å². The van der Waals surface area contributed by atoms with E-state index in [9.17, 15) is 18.0 Å². The number of aliphatic carboxylic acids is 1. The number of benzene rings is 1. The van der Waals surface area contributed by atoms with Crippen molar-refractivity contribution in [2.24, 2.45) is 11.8 Å². The molecule has 1 aromatic carbocycles. The molecule has 162 valence electrons. The second-order valence-corrected chi connectivity index (χ2v) is 7.70. The molecule has 2 heterocycles. The highest BCUT2D eigenvalue weighted by Gasteiger charge is 2.38. The topological polar surface area (TPSA) is 70.1 Å². The molecule has 9 heteroatoms. The highest BCUT2D eigenvalue weighted by Crippen LogP contribution is 2.25. The Morgan fingerprint density at radius 3 is 2.34 bits per heavy atom. The van der Waals surface area contributed by atoms with Gasteiger partial charge in [0.2, 0.25) is 0 Å². The summed E-state index contributed by atoms with van der Waals surface area (Å²) >= 11 is 0. The maximum absolute atomic E-state index is 12.7. The van der Waals surface area contributed by atoms with Gasteiger partial charge in [0.25, 0.3) is 5.91 Å². The smallest absolute Gasteiger partial charge is 0.475 e. The first-order valence-electron chi connectivity index (χ1n) is 9.56. The van der Waals surface area contributed by atoms with E-state index in [0.717, 1.165) is 31.7 Å². The minimum Gasteiger partial charge on any atom is -0.475 e. The summed E-state index contributed by atoms with van der Waals surface area (Å²) in [5.41, 5.74) is 0.776. The van der Waals surface area contributed by atoms with Crippen LogP contribution in [0.2, 0.25) is 0 Å². The number of carbonyl (C=O) groups is 2. The lowest BCUT2D eigenvalue weighted by Crippen LogP contribution is -2.37. The van der Waals surface area contributed by atoms with Crippen LogP contribution in [0.25, 0.3) is 0 Å². The Kier molecular flexibility index (Phi) is 8.04. The van der Waals surface area contributed by atoms with E-state index in [1.807, 2.05) is 35.2 Å². The number of carboxylic acids is 1. The molecule has 2 aliphatic heterocycles. The average molecular weight is 416 g/mol. The number of likely N-dealkylation sites (tertiary alicyclic amines) is 1. The molecule has 3 rings (SSSR count). The van der Waals surface area contributed by atoms with Gasteiger partial charge >= 0.3 is 12.1 Å². The number of nitrogens with zero attached hydrogens (tertiary/aromatic N) is 2. The van der Waals surface area contributed by atoms with Crippen molar-refractivity contribution in [3.05, 3.63) is 35.9 Å². The van der Waals surface area contributed by atoms with Gasteiger partial charge in [-0.2, -0.15) is 13.2 Å². The Morgan fingerprint density at radius 1 is 1.17 bits per heavy atom. The first-order chi connectivity index (χ1) is 13.6. The van der Waals surface area contributed by atoms with Crippen molar-refractivity contribution in [1.82, 2.24) is 9.80 Å². The Hall–Kier alpha value is -2.13. The standard InChI is InChI=1S/C18H26N2O2.C2HF3O2/c1-14(2)10-19-11-16-12-20(8-9-22-17(16)13-19)18(21)15-6-4-3-5-7-15;3-2(4,5)1(6)7/h3-7,14,16-17H,8-13H2,1-2H3;(H,6,7)/t16-,17-;/m1./s1. The Bertz CT molecular complexity index is 682. The van der Waals surface area contributed by atoms with Gasteiger partial charge in [0.05, 0.1) is 12.7 Å². The Labute approximate surface area is 168 Å². The molecule has 0 aliphatic carbocycles. The van der Waals surface area contributed by atoms with Crippen LogP contribution in [0.5, 0.6) is 0 Å². The molecule has 1 aromatic rings. The second kappa shape index (κ2) is 10.1. The number of carbonyl (C=O) groups excluding carboxylic acids is 1. The summed E-state index contributed by atoms with van der Waals surface area (Å²) < 4.78 is 37.8. The van der Waals surface area contributed by atoms with E-state index in [2.05, 4.69) is 18.7 Å². The normalized spacial score (nSPS) is 22.5. The quantitative estimate of drug-likeness (QED) is 0.821. The summed E-state index contributed by atoms with van der Waals surface area (Å²) in [4.78, 5) is 26.0. The largest absolute Gasteiger partial charge is 0.490 e. The lowest BCUT2D eigenvalue weighted by atomic mass is 10.1.